The fourth-order valence-corrected chi connectivity index (χ4v) is 3.86. The highest BCUT2D eigenvalue weighted by atomic mass is 79.9. The minimum atomic E-state index is -4.06. The number of ether oxygens (including phenoxy) is 1. The zero-order valence-electron chi connectivity index (χ0n) is 9.98. The van der Waals surface area contributed by atoms with Crippen LogP contribution >= 0.6 is 27.5 Å². The van der Waals surface area contributed by atoms with Gasteiger partial charge >= 0.3 is 5.97 Å². The van der Waals surface area contributed by atoms with E-state index in [0.29, 0.717) is 4.47 Å². The largest absolute Gasteiger partial charge is 0.494 e. The molecule has 9 heteroatoms. The number of rotatable bonds is 5. The van der Waals surface area contributed by atoms with Crippen LogP contribution in [0.3, 0.4) is 0 Å². The number of carbonyl (C=O) groups is 1. The van der Waals surface area contributed by atoms with Gasteiger partial charge < -0.3 is 9.84 Å². The molecule has 0 saturated carbocycles. The van der Waals surface area contributed by atoms with Crippen molar-refractivity contribution < 1.29 is 23.1 Å². The molecule has 1 atom stereocenters. The fourth-order valence-electron chi connectivity index (χ4n) is 1.28. The summed E-state index contributed by atoms with van der Waals surface area (Å²) in [5.41, 5.74) is 0. The summed E-state index contributed by atoms with van der Waals surface area (Å²) in [5.74, 6) is -1.24. The molecule has 1 aromatic carbocycles. The van der Waals surface area contributed by atoms with Gasteiger partial charge in [0.25, 0.3) is 0 Å². The van der Waals surface area contributed by atoms with Crippen molar-refractivity contribution in [2.45, 2.75) is 17.9 Å². The molecule has 0 aliphatic carbocycles. The Labute approximate surface area is 123 Å². The van der Waals surface area contributed by atoms with Crippen LogP contribution in [0.15, 0.2) is 21.5 Å². The molecule has 0 fully saturated rings. The van der Waals surface area contributed by atoms with Crippen molar-refractivity contribution in [2.75, 3.05) is 7.11 Å². The molecule has 0 heterocycles. The molecule has 1 rings (SSSR count). The zero-order chi connectivity index (χ0) is 14.8. The summed E-state index contributed by atoms with van der Waals surface area (Å²) < 4.78 is 31.5. The van der Waals surface area contributed by atoms with Crippen LogP contribution < -0.4 is 9.46 Å². The molecule has 106 valence electrons. The fraction of sp³-hybridized carbons (Fsp3) is 0.300. The van der Waals surface area contributed by atoms with Crippen LogP contribution in [-0.4, -0.2) is 32.6 Å². The molecular weight excluding hydrogens is 362 g/mol. The molecule has 0 spiro atoms. The number of aliphatic carboxylic acids is 1. The molecule has 19 heavy (non-hydrogen) atoms. The molecule has 6 nitrogen and oxygen atoms in total. The number of carboxylic acid groups (broad SMARTS) is 1. The third-order valence-corrected chi connectivity index (χ3v) is 4.52. The first kappa shape index (κ1) is 16.2. The van der Waals surface area contributed by atoms with Crippen LogP contribution in [0.1, 0.15) is 6.92 Å². The van der Waals surface area contributed by atoms with E-state index in [1.165, 1.54) is 26.2 Å². The highest BCUT2D eigenvalue weighted by molar-refractivity contribution is 9.10. The zero-order valence-corrected chi connectivity index (χ0v) is 13.1. The summed E-state index contributed by atoms with van der Waals surface area (Å²) >= 11 is 8.92. The summed E-state index contributed by atoms with van der Waals surface area (Å²) in [5, 5.41) is 8.91. The summed E-state index contributed by atoms with van der Waals surface area (Å²) in [6.45, 7) is 1.21. The number of methoxy groups -OCH3 is 1. The maximum Gasteiger partial charge on any atom is 0.321 e. The molecule has 0 bridgehead atoms. The van der Waals surface area contributed by atoms with Gasteiger partial charge in [-0.1, -0.05) is 11.6 Å². The summed E-state index contributed by atoms with van der Waals surface area (Å²) in [7, 11) is -2.76. The number of hydrogen-bond donors (Lipinski definition) is 2. The van der Waals surface area contributed by atoms with Gasteiger partial charge in [-0.05, 0) is 35.0 Å². The summed E-state index contributed by atoms with van der Waals surface area (Å²) in [6, 6.07) is 1.38. The smallest absolute Gasteiger partial charge is 0.321 e. The standard InChI is InChI=1S/C10H11BrClNO5S/c1-5(10(14)15)13-19(16,17)8-4-6(12)3-7(11)9(8)18-2/h3-5,13H,1-2H3,(H,14,15). The van der Waals surface area contributed by atoms with E-state index in [1.54, 1.807) is 0 Å². The van der Waals surface area contributed by atoms with E-state index in [2.05, 4.69) is 15.9 Å². The first-order chi connectivity index (χ1) is 8.69. The van der Waals surface area contributed by atoms with Crippen molar-refractivity contribution in [3.05, 3.63) is 21.6 Å². The lowest BCUT2D eigenvalue weighted by atomic mass is 10.3. The van der Waals surface area contributed by atoms with Gasteiger partial charge in [0.2, 0.25) is 10.0 Å². The molecule has 0 radical (unpaired) electrons. The Kier molecular flexibility index (Phi) is 5.19. The Hall–Kier alpha value is -0.830. The van der Waals surface area contributed by atoms with Crippen LogP contribution in [0.4, 0.5) is 0 Å². The molecule has 0 aromatic heterocycles. The first-order valence-electron chi connectivity index (χ1n) is 4.97. The normalized spacial score (nSPS) is 13.1. The second kappa shape index (κ2) is 6.08. The lowest BCUT2D eigenvalue weighted by molar-refractivity contribution is -0.138. The van der Waals surface area contributed by atoms with Crippen molar-refractivity contribution >= 4 is 43.5 Å². The molecule has 2 N–H and O–H groups in total. The molecule has 1 unspecified atom stereocenters. The molecular formula is C10H11BrClNO5S. The minimum absolute atomic E-state index is 0.0505. The SMILES string of the molecule is COc1c(Br)cc(Cl)cc1S(=O)(=O)NC(C)C(=O)O. The van der Waals surface area contributed by atoms with E-state index in [4.69, 9.17) is 21.4 Å². The summed E-state index contributed by atoms with van der Waals surface area (Å²) in [6.07, 6.45) is 0. The van der Waals surface area contributed by atoms with Gasteiger partial charge in [0.05, 0.1) is 11.6 Å². The van der Waals surface area contributed by atoms with Gasteiger partial charge in [-0.3, -0.25) is 4.79 Å². The van der Waals surface area contributed by atoms with E-state index in [0.717, 1.165) is 0 Å². The predicted molar refractivity (Wildman–Crippen MR) is 73.1 cm³/mol. The van der Waals surface area contributed by atoms with Gasteiger partial charge in [0, 0.05) is 5.02 Å². The number of hydrogen-bond acceptors (Lipinski definition) is 4. The quantitative estimate of drug-likeness (QED) is 0.823. The number of sulfonamides is 1. The van der Waals surface area contributed by atoms with Crippen molar-refractivity contribution in [1.82, 2.24) is 4.72 Å². The highest BCUT2D eigenvalue weighted by Crippen LogP contribution is 2.35. The number of halogens is 2. The van der Waals surface area contributed by atoms with E-state index >= 15 is 0 Å². The van der Waals surface area contributed by atoms with E-state index in [1.807, 2.05) is 4.72 Å². The third-order valence-electron chi connectivity index (χ3n) is 2.17. The van der Waals surface area contributed by atoms with E-state index in [9.17, 15) is 13.2 Å². The van der Waals surface area contributed by atoms with Crippen molar-refractivity contribution in [1.29, 1.82) is 0 Å². The highest BCUT2D eigenvalue weighted by Gasteiger charge is 2.26. The molecule has 0 aliphatic rings. The Bertz CT molecular complexity index is 604. The van der Waals surface area contributed by atoms with Crippen LogP contribution in [0, 0.1) is 0 Å². The monoisotopic (exact) mass is 371 g/mol. The third kappa shape index (κ3) is 3.82. The lowest BCUT2D eigenvalue weighted by Gasteiger charge is -2.14. The Morgan fingerprint density at radius 1 is 1.53 bits per heavy atom. The van der Waals surface area contributed by atoms with Crippen LogP contribution in [-0.2, 0) is 14.8 Å². The number of carboxylic acids is 1. The van der Waals surface area contributed by atoms with Gasteiger partial charge in [-0.2, -0.15) is 4.72 Å². The second-order valence-electron chi connectivity index (χ2n) is 3.60. The average molecular weight is 373 g/mol. The van der Waals surface area contributed by atoms with Crippen molar-refractivity contribution in [3.8, 4) is 5.75 Å². The van der Waals surface area contributed by atoms with Crippen LogP contribution in [0.5, 0.6) is 5.75 Å². The van der Waals surface area contributed by atoms with Gasteiger partial charge in [0.1, 0.15) is 10.9 Å². The van der Waals surface area contributed by atoms with Crippen molar-refractivity contribution in [3.63, 3.8) is 0 Å². The Morgan fingerprint density at radius 3 is 2.58 bits per heavy atom. The Balaban J connectivity index is 3.32. The number of nitrogens with one attached hydrogen (secondary N) is 1. The van der Waals surface area contributed by atoms with E-state index < -0.39 is 22.0 Å². The molecule has 0 aliphatic heterocycles. The van der Waals surface area contributed by atoms with Gasteiger partial charge in [-0.25, -0.2) is 8.42 Å². The van der Waals surface area contributed by atoms with Crippen molar-refractivity contribution in [2.24, 2.45) is 0 Å². The average Bonchev–Trinajstić information content (AvgIpc) is 2.27. The summed E-state index contributed by atoms with van der Waals surface area (Å²) in [4.78, 5) is 10.5. The van der Waals surface area contributed by atoms with E-state index in [-0.39, 0.29) is 15.7 Å². The molecule has 0 saturated heterocycles. The molecule has 1 aromatic rings. The number of benzene rings is 1. The maximum atomic E-state index is 12.1. The van der Waals surface area contributed by atoms with Gasteiger partial charge in [-0.15, -0.1) is 0 Å². The van der Waals surface area contributed by atoms with Crippen LogP contribution in [0.2, 0.25) is 5.02 Å². The maximum absolute atomic E-state index is 12.1. The minimum Gasteiger partial charge on any atom is -0.494 e. The molecule has 0 amide bonds. The van der Waals surface area contributed by atoms with Crippen LogP contribution in [0.25, 0.3) is 0 Å². The topological polar surface area (TPSA) is 92.7 Å². The second-order valence-corrected chi connectivity index (χ2v) is 6.57. The van der Waals surface area contributed by atoms with Gasteiger partial charge in [0.15, 0.2) is 5.75 Å². The lowest BCUT2D eigenvalue weighted by Crippen LogP contribution is -2.38. The Morgan fingerprint density at radius 2 is 2.11 bits per heavy atom. The first-order valence-corrected chi connectivity index (χ1v) is 7.62. The predicted octanol–water partition coefficient (Wildman–Crippen LogP) is 1.86.